The Hall–Kier alpha value is -2.94. The molecule has 30 heavy (non-hydrogen) atoms. The lowest BCUT2D eigenvalue weighted by Crippen LogP contribution is -2.47. The number of urea groups is 1. The second kappa shape index (κ2) is 10.7. The molecule has 4 amide bonds. The first-order valence-corrected chi connectivity index (χ1v) is 10.9. The van der Waals surface area contributed by atoms with E-state index < -0.39 is 0 Å². The number of benzene rings is 1. The number of hydrogen-bond donors (Lipinski definition) is 3. The van der Waals surface area contributed by atoms with E-state index >= 15 is 0 Å². The average molecular weight is 433 g/mol. The van der Waals surface area contributed by atoms with Crippen molar-refractivity contribution >= 4 is 34.9 Å². The molecule has 9 heteroatoms. The van der Waals surface area contributed by atoms with Crippen molar-refractivity contribution in [3.05, 3.63) is 52.5 Å². The number of halogens is 1. The summed E-state index contributed by atoms with van der Waals surface area (Å²) in [6.45, 7) is 1.63. The third-order valence-electron chi connectivity index (χ3n) is 4.92. The molecule has 0 radical (unpaired) electrons. The molecule has 1 fully saturated rings. The first kappa shape index (κ1) is 21.8. The van der Waals surface area contributed by atoms with Crippen LogP contribution in [0, 0.1) is 5.82 Å². The van der Waals surface area contributed by atoms with Crippen LogP contribution in [0.4, 0.5) is 14.9 Å². The molecule has 0 atom stereocenters. The van der Waals surface area contributed by atoms with Crippen LogP contribution in [0.15, 0.2) is 41.1 Å². The zero-order chi connectivity index (χ0) is 21.3. The third kappa shape index (κ3) is 6.55. The standard InChI is InChI=1S/C21H25FN4O3S/c22-16-3-5-17(6-4-16)24-21(29)25-18-7-11-26(12-8-18)19(27)2-1-10-23-20(28)15-9-13-30-14-15/h3-6,9,13-14,18H,1-2,7-8,10-12H2,(H,23,28)(H2,24,25,29). The fourth-order valence-electron chi connectivity index (χ4n) is 3.25. The van der Waals surface area contributed by atoms with E-state index in [-0.39, 0.29) is 29.7 Å². The zero-order valence-corrected chi connectivity index (χ0v) is 17.3. The molecule has 2 aromatic rings. The van der Waals surface area contributed by atoms with Gasteiger partial charge in [0.15, 0.2) is 0 Å². The quantitative estimate of drug-likeness (QED) is 0.587. The van der Waals surface area contributed by atoms with Crippen molar-refractivity contribution in [1.29, 1.82) is 0 Å². The first-order chi connectivity index (χ1) is 14.5. The molecule has 0 bridgehead atoms. The number of nitrogens with zero attached hydrogens (tertiary/aromatic N) is 1. The lowest BCUT2D eigenvalue weighted by Gasteiger charge is -2.32. The topological polar surface area (TPSA) is 90.5 Å². The van der Waals surface area contributed by atoms with Gasteiger partial charge in [-0.05, 0) is 55.0 Å². The van der Waals surface area contributed by atoms with Gasteiger partial charge in [0.25, 0.3) is 5.91 Å². The summed E-state index contributed by atoms with van der Waals surface area (Å²) < 4.78 is 12.9. The predicted octanol–water partition coefficient (Wildman–Crippen LogP) is 3.21. The SMILES string of the molecule is O=C(Nc1ccc(F)cc1)NC1CCN(C(=O)CCCNC(=O)c2ccsc2)CC1. The third-order valence-corrected chi connectivity index (χ3v) is 5.60. The fraction of sp³-hybridized carbons (Fsp3) is 0.381. The second-order valence-corrected chi connectivity index (χ2v) is 7.91. The van der Waals surface area contributed by atoms with Crippen LogP contribution in [0.25, 0.3) is 0 Å². The number of carbonyl (C=O) groups excluding carboxylic acids is 3. The van der Waals surface area contributed by atoms with Gasteiger partial charge < -0.3 is 20.9 Å². The van der Waals surface area contributed by atoms with Crippen LogP contribution in [0.1, 0.15) is 36.0 Å². The predicted molar refractivity (Wildman–Crippen MR) is 114 cm³/mol. The van der Waals surface area contributed by atoms with E-state index in [9.17, 15) is 18.8 Å². The highest BCUT2D eigenvalue weighted by Crippen LogP contribution is 2.13. The molecular weight excluding hydrogens is 407 g/mol. The van der Waals surface area contributed by atoms with Crippen LogP contribution < -0.4 is 16.0 Å². The monoisotopic (exact) mass is 432 g/mol. The van der Waals surface area contributed by atoms with Crippen molar-refractivity contribution in [2.75, 3.05) is 25.0 Å². The van der Waals surface area contributed by atoms with E-state index in [0.717, 1.165) is 0 Å². The summed E-state index contributed by atoms with van der Waals surface area (Å²) in [5.41, 5.74) is 1.16. The van der Waals surface area contributed by atoms with Crippen molar-refractivity contribution in [3.8, 4) is 0 Å². The Morgan fingerprint density at radius 3 is 2.50 bits per heavy atom. The van der Waals surface area contributed by atoms with Gasteiger partial charge in [-0.25, -0.2) is 9.18 Å². The van der Waals surface area contributed by atoms with E-state index in [1.807, 2.05) is 5.38 Å². The van der Waals surface area contributed by atoms with Crippen LogP contribution in [0.2, 0.25) is 0 Å². The minimum atomic E-state index is -0.358. The summed E-state index contributed by atoms with van der Waals surface area (Å²) in [6, 6.07) is 6.98. The summed E-state index contributed by atoms with van der Waals surface area (Å²) in [5, 5.41) is 12.0. The van der Waals surface area contributed by atoms with Gasteiger partial charge in [0.2, 0.25) is 5.91 Å². The number of carbonyl (C=O) groups is 3. The average Bonchev–Trinajstić information content (AvgIpc) is 3.28. The molecule has 7 nitrogen and oxygen atoms in total. The van der Waals surface area contributed by atoms with Gasteiger partial charge in [-0.15, -0.1) is 0 Å². The highest BCUT2D eigenvalue weighted by molar-refractivity contribution is 7.08. The van der Waals surface area contributed by atoms with Crippen LogP contribution in [-0.2, 0) is 4.79 Å². The Bertz CT molecular complexity index is 850. The van der Waals surface area contributed by atoms with Crippen molar-refractivity contribution in [2.45, 2.75) is 31.7 Å². The van der Waals surface area contributed by atoms with E-state index in [1.165, 1.54) is 35.6 Å². The lowest BCUT2D eigenvalue weighted by molar-refractivity contribution is -0.132. The van der Waals surface area contributed by atoms with E-state index in [4.69, 9.17) is 0 Å². The molecule has 1 aliphatic heterocycles. The minimum Gasteiger partial charge on any atom is -0.352 e. The van der Waals surface area contributed by atoms with Crippen LogP contribution in [-0.4, -0.2) is 48.4 Å². The van der Waals surface area contributed by atoms with Crippen LogP contribution >= 0.6 is 11.3 Å². The second-order valence-electron chi connectivity index (χ2n) is 7.13. The normalized spacial score (nSPS) is 14.2. The Kier molecular flexibility index (Phi) is 7.78. The molecule has 1 aliphatic rings. The van der Waals surface area contributed by atoms with E-state index in [0.29, 0.717) is 56.6 Å². The van der Waals surface area contributed by atoms with Gasteiger partial charge in [0, 0.05) is 48.7 Å². The van der Waals surface area contributed by atoms with Gasteiger partial charge in [-0.2, -0.15) is 11.3 Å². The molecule has 160 valence electrons. The molecule has 1 aromatic carbocycles. The fourth-order valence-corrected chi connectivity index (χ4v) is 3.89. The zero-order valence-electron chi connectivity index (χ0n) is 16.5. The molecule has 2 heterocycles. The van der Waals surface area contributed by atoms with E-state index in [2.05, 4.69) is 16.0 Å². The maximum absolute atomic E-state index is 12.9. The Morgan fingerprint density at radius 2 is 1.83 bits per heavy atom. The van der Waals surface area contributed by atoms with Crippen molar-refractivity contribution in [2.24, 2.45) is 0 Å². The molecule has 0 saturated carbocycles. The molecule has 3 rings (SSSR count). The van der Waals surface area contributed by atoms with Crippen LogP contribution in [0.5, 0.6) is 0 Å². The Labute approximate surface area is 178 Å². The molecule has 3 N–H and O–H groups in total. The maximum Gasteiger partial charge on any atom is 0.319 e. The molecule has 1 saturated heterocycles. The highest BCUT2D eigenvalue weighted by Gasteiger charge is 2.23. The highest BCUT2D eigenvalue weighted by atomic mass is 32.1. The number of thiophene rings is 1. The smallest absolute Gasteiger partial charge is 0.319 e. The van der Waals surface area contributed by atoms with Gasteiger partial charge in [0.1, 0.15) is 5.82 Å². The number of piperidine rings is 1. The van der Waals surface area contributed by atoms with Gasteiger partial charge in [-0.1, -0.05) is 0 Å². The summed E-state index contributed by atoms with van der Waals surface area (Å²) in [6.07, 6.45) is 2.33. The van der Waals surface area contributed by atoms with Gasteiger partial charge >= 0.3 is 6.03 Å². The summed E-state index contributed by atoms with van der Waals surface area (Å²) in [4.78, 5) is 38.1. The Balaban J connectivity index is 1.30. The van der Waals surface area contributed by atoms with E-state index in [1.54, 1.807) is 16.3 Å². The van der Waals surface area contributed by atoms with Crippen LogP contribution in [0.3, 0.4) is 0 Å². The van der Waals surface area contributed by atoms with Gasteiger partial charge in [-0.3, -0.25) is 9.59 Å². The maximum atomic E-state index is 12.9. The number of rotatable bonds is 7. The molecular formula is C21H25FN4O3S. The van der Waals surface area contributed by atoms with Crippen molar-refractivity contribution in [3.63, 3.8) is 0 Å². The lowest BCUT2D eigenvalue weighted by atomic mass is 10.0. The van der Waals surface area contributed by atoms with Crippen molar-refractivity contribution in [1.82, 2.24) is 15.5 Å². The number of amides is 4. The van der Waals surface area contributed by atoms with Crippen molar-refractivity contribution < 1.29 is 18.8 Å². The number of nitrogens with one attached hydrogen (secondary N) is 3. The minimum absolute atomic E-state index is 0.0144. The molecule has 0 unspecified atom stereocenters. The number of anilines is 1. The summed E-state index contributed by atoms with van der Waals surface area (Å²) in [7, 11) is 0. The summed E-state index contributed by atoms with van der Waals surface area (Å²) >= 11 is 1.47. The number of likely N-dealkylation sites (tertiary alicyclic amines) is 1. The van der Waals surface area contributed by atoms with Gasteiger partial charge in [0.05, 0.1) is 0 Å². The molecule has 1 aromatic heterocycles. The Morgan fingerprint density at radius 1 is 1.10 bits per heavy atom. The molecule has 0 spiro atoms. The molecule has 0 aliphatic carbocycles. The first-order valence-electron chi connectivity index (χ1n) is 9.92. The summed E-state index contributed by atoms with van der Waals surface area (Å²) in [5.74, 6) is -0.411. The largest absolute Gasteiger partial charge is 0.352 e. The number of hydrogen-bond acceptors (Lipinski definition) is 4.